The number of benzene rings is 1. The summed E-state index contributed by atoms with van der Waals surface area (Å²) in [6.45, 7) is 2.14. The number of ketones is 1. The van der Waals surface area contributed by atoms with Crippen LogP contribution in [0.5, 0.6) is 0 Å². The molecular formula is C14H14O3. The Labute approximate surface area is 100 Å². The molecule has 1 aromatic carbocycles. The molecule has 0 spiro atoms. The minimum atomic E-state index is -0.352. The molecule has 1 aliphatic carbocycles. The van der Waals surface area contributed by atoms with E-state index < -0.39 is 0 Å². The van der Waals surface area contributed by atoms with Crippen LogP contribution >= 0.6 is 0 Å². The smallest absolute Gasteiger partial charge is 0.330 e. The SMILES string of the molecule is CCOC(=O)C=Cc1cccc2c1CCC2=O. The summed E-state index contributed by atoms with van der Waals surface area (Å²) < 4.78 is 4.81. The highest BCUT2D eigenvalue weighted by atomic mass is 16.5. The lowest BCUT2D eigenvalue weighted by molar-refractivity contribution is -0.137. The van der Waals surface area contributed by atoms with Crippen molar-refractivity contribution in [3.05, 3.63) is 41.0 Å². The van der Waals surface area contributed by atoms with E-state index in [4.69, 9.17) is 4.74 Å². The van der Waals surface area contributed by atoms with Gasteiger partial charge in [0.2, 0.25) is 0 Å². The van der Waals surface area contributed by atoms with Crippen LogP contribution in [0, 0.1) is 0 Å². The Morgan fingerprint density at radius 3 is 3.00 bits per heavy atom. The lowest BCUT2D eigenvalue weighted by Crippen LogP contribution is -1.99. The molecule has 3 heteroatoms. The van der Waals surface area contributed by atoms with E-state index in [2.05, 4.69) is 0 Å². The van der Waals surface area contributed by atoms with Crippen molar-refractivity contribution >= 4 is 17.8 Å². The van der Waals surface area contributed by atoms with Crippen LogP contribution in [-0.2, 0) is 16.0 Å². The van der Waals surface area contributed by atoms with E-state index in [0.29, 0.717) is 13.0 Å². The minimum absolute atomic E-state index is 0.186. The zero-order valence-corrected chi connectivity index (χ0v) is 9.73. The number of hydrogen-bond acceptors (Lipinski definition) is 3. The topological polar surface area (TPSA) is 43.4 Å². The number of esters is 1. The third kappa shape index (κ3) is 2.44. The summed E-state index contributed by atoms with van der Waals surface area (Å²) in [6, 6.07) is 5.59. The molecule has 2 rings (SSSR count). The molecule has 17 heavy (non-hydrogen) atoms. The van der Waals surface area contributed by atoms with Gasteiger partial charge in [-0.2, -0.15) is 0 Å². The third-order valence-corrected chi connectivity index (χ3v) is 2.80. The average Bonchev–Trinajstić information content (AvgIpc) is 2.70. The van der Waals surface area contributed by atoms with Crippen molar-refractivity contribution in [3.8, 4) is 0 Å². The molecule has 1 aliphatic rings. The molecule has 1 aromatic rings. The first-order valence-corrected chi connectivity index (χ1v) is 5.72. The number of carbonyl (C=O) groups excluding carboxylic acids is 2. The van der Waals surface area contributed by atoms with Gasteiger partial charge in [0.15, 0.2) is 5.78 Å². The monoisotopic (exact) mass is 230 g/mol. The van der Waals surface area contributed by atoms with Gasteiger partial charge in [0, 0.05) is 18.1 Å². The van der Waals surface area contributed by atoms with Crippen molar-refractivity contribution < 1.29 is 14.3 Å². The Kier molecular flexibility index (Phi) is 3.38. The molecule has 0 fully saturated rings. The van der Waals surface area contributed by atoms with Crippen molar-refractivity contribution in [3.63, 3.8) is 0 Å². The Morgan fingerprint density at radius 1 is 1.41 bits per heavy atom. The first-order valence-electron chi connectivity index (χ1n) is 5.72. The van der Waals surface area contributed by atoms with Crippen molar-refractivity contribution in [2.24, 2.45) is 0 Å². The molecule has 0 aliphatic heterocycles. The van der Waals surface area contributed by atoms with Gasteiger partial charge in [0.05, 0.1) is 6.61 Å². The summed E-state index contributed by atoms with van der Waals surface area (Å²) in [6.07, 6.45) is 4.45. The average molecular weight is 230 g/mol. The van der Waals surface area contributed by atoms with Crippen LogP contribution in [0.3, 0.4) is 0 Å². The Morgan fingerprint density at radius 2 is 2.24 bits per heavy atom. The third-order valence-electron chi connectivity index (χ3n) is 2.80. The molecule has 0 amide bonds. The number of rotatable bonds is 3. The molecule has 88 valence electrons. The highest BCUT2D eigenvalue weighted by Gasteiger charge is 2.20. The molecule has 0 saturated heterocycles. The van der Waals surface area contributed by atoms with E-state index in [1.165, 1.54) is 6.08 Å². The van der Waals surface area contributed by atoms with Crippen LogP contribution < -0.4 is 0 Å². The van der Waals surface area contributed by atoms with Crippen LogP contribution in [0.4, 0.5) is 0 Å². The van der Waals surface area contributed by atoms with Gasteiger partial charge >= 0.3 is 5.97 Å². The van der Waals surface area contributed by atoms with Gasteiger partial charge in [-0.15, -0.1) is 0 Å². The maximum Gasteiger partial charge on any atom is 0.330 e. The summed E-state index contributed by atoms with van der Waals surface area (Å²) in [7, 11) is 0. The fourth-order valence-electron chi connectivity index (χ4n) is 2.02. The fourth-order valence-corrected chi connectivity index (χ4v) is 2.02. The molecule has 3 nitrogen and oxygen atoms in total. The summed E-state index contributed by atoms with van der Waals surface area (Å²) in [5.41, 5.74) is 2.76. The number of carbonyl (C=O) groups is 2. The van der Waals surface area contributed by atoms with Crippen LogP contribution in [0.2, 0.25) is 0 Å². The first-order chi connectivity index (χ1) is 8.22. The predicted molar refractivity (Wildman–Crippen MR) is 64.8 cm³/mol. The summed E-state index contributed by atoms with van der Waals surface area (Å²) in [4.78, 5) is 22.7. The second-order valence-electron chi connectivity index (χ2n) is 3.88. The lowest BCUT2D eigenvalue weighted by atomic mass is 10.0. The molecule has 0 atom stereocenters. The van der Waals surface area contributed by atoms with Crippen LogP contribution in [0.1, 0.15) is 34.8 Å². The second-order valence-corrected chi connectivity index (χ2v) is 3.88. The quantitative estimate of drug-likeness (QED) is 0.591. The molecule has 0 saturated carbocycles. The van der Waals surface area contributed by atoms with E-state index in [-0.39, 0.29) is 11.8 Å². The highest BCUT2D eigenvalue weighted by Crippen LogP contribution is 2.26. The lowest BCUT2D eigenvalue weighted by Gasteiger charge is -2.02. The molecule has 0 radical (unpaired) electrons. The predicted octanol–water partition coefficient (Wildman–Crippen LogP) is 2.39. The van der Waals surface area contributed by atoms with E-state index in [1.807, 2.05) is 18.2 Å². The summed E-state index contributed by atoms with van der Waals surface area (Å²) in [5, 5.41) is 0. The van der Waals surface area contributed by atoms with Crippen LogP contribution in [-0.4, -0.2) is 18.4 Å². The van der Waals surface area contributed by atoms with Gasteiger partial charge in [0.1, 0.15) is 0 Å². The number of hydrogen-bond donors (Lipinski definition) is 0. The molecule has 0 aromatic heterocycles. The van der Waals surface area contributed by atoms with Gasteiger partial charge < -0.3 is 4.74 Å². The number of ether oxygens (including phenoxy) is 1. The first kappa shape index (κ1) is 11.6. The Bertz CT molecular complexity index is 486. The van der Waals surface area contributed by atoms with Crippen molar-refractivity contribution in [2.45, 2.75) is 19.8 Å². The normalized spacial score (nSPS) is 14.1. The number of fused-ring (bicyclic) bond motifs is 1. The van der Waals surface area contributed by atoms with Gasteiger partial charge in [0.25, 0.3) is 0 Å². The molecule has 0 N–H and O–H groups in total. The molecule has 0 unspecified atom stereocenters. The molecular weight excluding hydrogens is 216 g/mol. The summed E-state index contributed by atoms with van der Waals surface area (Å²) >= 11 is 0. The molecule has 0 bridgehead atoms. The zero-order valence-electron chi connectivity index (χ0n) is 9.73. The standard InChI is InChI=1S/C14H14O3/c1-2-17-14(16)9-6-10-4-3-5-12-11(10)7-8-13(12)15/h3-6,9H,2,7-8H2,1H3. The van der Waals surface area contributed by atoms with E-state index in [1.54, 1.807) is 13.0 Å². The van der Waals surface area contributed by atoms with Gasteiger partial charge in [-0.3, -0.25) is 4.79 Å². The number of Topliss-reactive ketones (excluding diaryl/α,β-unsaturated/α-hetero) is 1. The Balaban J connectivity index is 2.23. The van der Waals surface area contributed by atoms with E-state index in [9.17, 15) is 9.59 Å². The highest BCUT2D eigenvalue weighted by molar-refractivity contribution is 6.01. The van der Waals surface area contributed by atoms with Crippen LogP contribution in [0.15, 0.2) is 24.3 Å². The molecule has 0 heterocycles. The van der Waals surface area contributed by atoms with Crippen molar-refractivity contribution in [1.82, 2.24) is 0 Å². The summed E-state index contributed by atoms with van der Waals surface area (Å²) in [5.74, 6) is -0.166. The minimum Gasteiger partial charge on any atom is -0.463 e. The second kappa shape index (κ2) is 4.95. The Hall–Kier alpha value is -1.90. The van der Waals surface area contributed by atoms with E-state index in [0.717, 1.165) is 23.1 Å². The van der Waals surface area contributed by atoms with E-state index >= 15 is 0 Å². The van der Waals surface area contributed by atoms with Crippen molar-refractivity contribution in [2.75, 3.05) is 6.61 Å². The van der Waals surface area contributed by atoms with Gasteiger partial charge in [-0.1, -0.05) is 18.2 Å². The van der Waals surface area contributed by atoms with Gasteiger partial charge in [-0.25, -0.2) is 4.79 Å². The maximum absolute atomic E-state index is 11.5. The zero-order chi connectivity index (χ0) is 12.3. The van der Waals surface area contributed by atoms with Crippen LogP contribution in [0.25, 0.3) is 6.08 Å². The van der Waals surface area contributed by atoms with Crippen molar-refractivity contribution in [1.29, 1.82) is 0 Å². The maximum atomic E-state index is 11.5. The van der Waals surface area contributed by atoms with Gasteiger partial charge in [-0.05, 0) is 30.5 Å². The largest absolute Gasteiger partial charge is 0.463 e. The fraction of sp³-hybridized carbons (Fsp3) is 0.286.